The zero-order valence-corrected chi connectivity index (χ0v) is 14.8. The van der Waals surface area contributed by atoms with Crippen LogP contribution in [0, 0.1) is 5.92 Å². The minimum atomic E-state index is -0.879. The van der Waals surface area contributed by atoms with Gasteiger partial charge in [0.15, 0.2) is 0 Å². The van der Waals surface area contributed by atoms with Crippen LogP contribution in [0.15, 0.2) is 0 Å². The quantitative estimate of drug-likeness (QED) is 0.494. The molecule has 0 aromatic heterocycles. The molecule has 0 aromatic carbocycles. The maximum atomic E-state index is 12.4. The summed E-state index contributed by atoms with van der Waals surface area (Å²) in [4.78, 5) is 49.8. The summed E-state index contributed by atoms with van der Waals surface area (Å²) >= 11 is 0. The molecule has 0 radical (unpaired) electrons. The van der Waals surface area contributed by atoms with E-state index >= 15 is 0 Å². The van der Waals surface area contributed by atoms with E-state index in [4.69, 9.17) is 0 Å². The van der Waals surface area contributed by atoms with E-state index in [1.165, 1.54) is 7.05 Å². The maximum Gasteiger partial charge on any atom is 0.290 e. The van der Waals surface area contributed by atoms with E-state index in [2.05, 4.69) is 16.0 Å². The van der Waals surface area contributed by atoms with Gasteiger partial charge in [-0.05, 0) is 38.8 Å². The second-order valence-electron chi connectivity index (χ2n) is 6.55. The first-order valence-corrected chi connectivity index (χ1v) is 8.29. The number of ketones is 1. The molecule has 136 valence electrons. The van der Waals surface area contributed by atoms with Gasteiger partial charge in [0.2, 0.25) is 17.6 Å². The lowest BCUT2D eigenvalue weighted by molar-refractivity contribution is -0.141. The van der Waals surface area contributed by atoms with Gasteiger partial charge >= 0.3 is 0 Å². The van der Waals surface area contributed by atoms with Crippen molar-refractivity contribution in [2.24, 2.45) is 5.92 Å². The second-order valence-corrected chi connectivity index (χ2v) is 6.55. The van der Waals surface area contributed by atoms with Crippen LogP contribution in [0.2, 0.25) is 0 Å². The normalized spacial score (nSPS) is 19.0. The number of rotatable bonds is 8. The third-order valence-corrected chi connectivity index (χ3v) is 4.08. The van der Waals surface area contributed by atoms with E-state index in [1.807, 2.05) is 25.8 Å². The van der Waals surface area contributed by atoms with Crippen molar-refractivity contribution in [2.75, 3.05) is 27.2 Å². The molecule has 2 atom stereocenters. The molecule has 3 amide bonds. The molecule has 2 unspecified atom stereocenters. The number of amides is 3. The molecule has 1 heterocycles. The van der Waals surface area contributed by atoms with Crippen molar-refractivity contribution in [2.45, 2.75) is 45.2 Å². The van der Waals surface area contributed by atoms with Gasteiger partial charge in [-0.15, -0.1) is 0 Å². The third-order valence-electron chi connectivity index (χ3n) is 4.08. The summed E-state index contributed by atoms with van der Waals surface area (Å²) in [5.74, 6) is -2.07. The molecular formula is C16H28N4O4. The Kier molecular flexibility index (Phi) is 7.84. The van der Waals surface area contributed by atoms with Crippen LogP contribution >= 0.6 is 0 Å². The molecule has 3 N–H and O–H groups in total. The van der Waals surface area contributed by atoms with Crippen molar-refractivity contribution in [1.29, 1.82) is 0 Å². The minimum Gasteiger partial charge on any atom is -0.358 e. The van der Waals surface area contributed by atoms with Gasteiger partial charge in [0, 0.05) is 7.05 Å². The fraction of sp³-hybridized carbons (Fsp3) is 0.750. The number of carbonyl (C=O) groups is 4. The van der Waals surface area contributed by atoms with Crippen molar-refractivity contribution in [1.82, 2.24) is 20.9 Å². The van der Waals surface area contributed by atoms with Crippen LogP contribution < -0.4 is 16.0 Å². The fourth-order valence-electron chi connectivity index (χ4n) is 2.71. The monoisotopic (exact) mass is 340 g/mol. The molecule has 8 nitrogen and oxygen atoms in total. The molecule has 24 heavy (non-hydrogen) atoms. The Bertz CT molecular complexity index is 492. The number of carbonyl (C=O) groups excluding carboxylic acids is 4. The minimum absolute atomic E-state index is 0.132. The molecule has 1 aliphatic heterocycles. The molecule has 1 fully saturated rings. The van der Waals surface area contributed by atoms with Gasteiger partial charge in [0.25, 0.3) is 5.91 Å². The third kappa shape index (κ3) is 5.92. The van der Waals surface area contributed by atoms with Crippen LogP contribution in [0.25, 0.3) is 0 Å². The zero-order valence-electron chi connectivity index (χ0n) is 14.8. The van der Waals surface area contributed by atoms with E-state index in [0.29, 0.717) is 6.42 Å². The van der Waals surface area contributed by atoms with E-state index in [1.54, 1.807) is 0 Å². The molecule has 0 saturated carbocycles. The van der Waals surface area contributed by atoms with Gasteiger partial charge < -0.3 is 16.0 Å². The molecule has 0 aliphatic carbocycles. The molecule has 1 saturated heterocycles. The van der Waals surface area contributed by atoms with Crippen molar-refractivity contribution in [3.8, 4) is 0 Å². The Morgan fingerprint density at radius 2 is 1.88 bits per heavy atom. The first-order valence-electron chi connectivity index (χ1n) is 8.29. The topological polar surface area (TPSA) is 108 Å². The van der Waals surface area contributed by atoms with Crippen LogP contribution in [0.1, 0.15) is 33.1 Å². The smallest absolute Gasteiger partial charge is 0.290 e. The van der Waals surface area contributed by atoms with E-state index in [-0.39, 0.29) is 24.4 Å². The van der Waals surface area contributed by atoms with E-state index in [0.717, 1.165) is 19.4 Å². The predicted molar refractivity (Wildman–Crippen MR) is 89.1 cm³/mol. The maximum absolute atomic E-state index is 12.4. The first kappa shape index (κ1) is 20.1. The van der Waals surface area contributed by atoms with Gasteiger partial charge in [-0.25, -0.2) is 0 Å². The van der Waals surface area contributed by atoms with Gasteiger partial charge in [0.05, 0.1) is 18.6 Å². The standard InChI is InChI=1S/C16H28N4O4/c1-10(2)8-11(14(22)16(24)18-9-13(21)17-3)19-15(23)12-6-5-7-20(12)4/h10-12H,5-9H2,1-4H3,(H,17,21)(H,18,24)(H,19,23). The molecular weight excluding hydrogens is 312 g/mol. The van der Waals surface area contributed by atoms with E-state index in [9.17, 15) is 19.2 Å². The predicted octanol–water partition coefficient (Wildman–Crippen LogP) is -0.957. The van der Waals surface area contributed by atoms with Gasteiger partial charge in [0.1, 0.15) is 0 Å². The first-order chi connectivity index (χ1) is 11.3. The van der Waals surface area contributed by atoms with E-state index < -0.39 is 23.6 Å². The summed E-state index contributed by atoms with van der Waals surface area (Å²) in [6.07, 6.45) is 2.05. The lowest BCUT2D eigenvalue weighted by Gasteiger charge is -2.24. The Balaban J connectivity index is 2.69. The van der Waals surface area contributed by atoms with Gasteiger partial charge in [-0.2, -0.15) is 0 Å². The summed E-state index contributed by atoms with van der Waals surface area (Å²) in [5.41, 5.74) is 0. The van der Waals surface area contributed by atoms with Crippen molar-refractivity contribution < 1.29 is 19.2 Å². The summed E-state index contributed by atoms with van der Waals surface area (Å²) in [5, 5.41) is 7.34. The summed E-state index contributed by atoms with van der Waals surface area (Å²) < 4.78 is 0. The number of likely N-dealkylation sites (tertiary alicyclic amines) is 1. The Morgan fingerprint density at radius 1 is 1.21 bits per heavy atom. The Morgan fingerprint density at radius 3 is 2.38 bits per heavy atom. The fourth-order valence-corrected chi connectivity index (χ4v) is 2.71. The molecule has 1 rings (SSSR count). The zero-order chi connectivity index (χ0) is 18.3. The summed E-state index contributed by atoms with van der Waals surface area (Å²) in [7, 11) is 3.31. The van der Waals surface area contributed by atoms with Crippen LogP contribution in [0.4, 0.5) is 0 Å². The highest BCUT2D eigenvalue weighted by Crippen LogP contribution is 2.15. The van der Waals surface area contributed by atoms with Gasteiger partial charge in [-0.3, -0.25) is 24.1 Å². The molecule has 0 spiro atoms. The number of Topliss-reactive ketones (excluding diaryl/α,β-unsaturated/α-hetero) is 1. The molecule has 8 heteroatoms. The van der Waals surface area contributed by atoms with Crippen LogP contribution in [-0.4, -0.2) is 67.7 Å². The Labute approximate surface area is 142 Å². The number of nitrogens with one attached hydrogen (secondary N) is 3. The highest BCUT2D eigenvalue weighted by Gasteiger charge is 2.33. The molecule has 0 aromatic rings. The molecule has 0 bridgehead atoms. The average Bonchev–Trinajstić information content (AvgIpc) is 2.96. The largest absolute Gasteiger partial charge is 0.358 e. The second kappa shape index (κ2) is 9.36. The highest BCUT2D eigenvalue weighted by atomic mass is 16.2. The van der Waals surface area contributed by atoms with Crippen molar-refractivity contribution in [3.63, 3.8) is 0 Å². The number of likely N-dealkylation sites (N-methyl/N-ethyl adjacent to an activating group) is 2. The number of hydrogen-bond donors (Lipinski definition) is 3. The summed E-state index contributed by atoms with van der Waals surface area (Å²) in [6, 6.07) is -1.14. The summed E-state index contributed by atoms with van der Waals surface area (Å²) in [6.45, 7) is 4.40. The number of nitrogens with zero attached hydrogens (tertiary/aromatic N) is 1. The average molecular weight is 340 g/mol. The lowest BCUT2D eigenvalue weighted by atomic mass is 9.99. The lowest BCUT2D eigenvalue weighted by Crippen LogP contribution is -2.53. The van der Waals surface area contributed by atoms with Crippen LogP contribution in [0.5, 0.6) is 0 Å². The Hall–Kier alpha value is -1.96. The van der Waals surface area contributed by atoms with Crippen LogP contribution in [-0.2, 0) is 19.2 Å². The van der Waals surface area contributed by atoms with Crippen LogP contribution in [0.3, 0.4) is 0 Å². The highest BCUT2D eigenvalue weighted by molar-refractivity contribution is 6.38. The SMILES string of the molecule is CNC(=O)CNC(=O)C(=O)C(CC(C)C)NC(=O)C1CCCN1C. The molecule has 1 aliphatic rings. The number of hydrogen-bond acceptors (Lipinski definition) is 5. The van der Waals surface area contributed by atoms with Crippen molar-refractivity contribution >= 4 is 23.5 Å². The van der Waals surface area contributed by atoms with Gasteiger partial charge in [-0.1, -0.05) is 13.8 Å². The van der Waals surface area contributed by atoms with Crippen molar-refractivity contribution in [3.05, 3.63) is 0 Å².